The number of hydrogen-bond acceptors (Lipinski definition) is 8. The van der Waals surface area contributed by atoms with Gasteiger partial charge in [0, 0.05) is 28.7 Å². The highest BCUT2D eigenvalue weighted by Gasteiger charge is 2.43. The summed E-state index contributed by atoms with van der Waals surface area (Å²) in [5.74, 6) is 0.950. The van der Waals surface area contributed by atoms with Gasteiger partial charge in [-0.3, -0.25) is 14.4 Å². The van der Waals surface area contributed by atoms with Crippen LogP contribution in [-0.4, -0.2) is 17.7 Å². The second-order valence-electron chi connectivity index (χ2n) is 30.2. The van der Waals surface area contributed by atoms with Gasteiger partial charge in [-0.1, -0.05) is 197 Å². The minimum absolute atomic E-state index is 0.111. The van der Waals surface area contributed by atoms with E-state index in [0.717, 1.165) is 94.6 Å². The van der Waals surface area contributed by atoms with E-state index in [-0.39, 0.29) is 50.2 Å². The Labute approximate surface area is 491 Å². The number of rotatable bonds is 9. The normalized spacial score (nSPS) is 17.8. The highest BCUT2D eigenvalue weighted by Crippen LogP contribution is 2.54. The fourth-order valence-corrected chi connectivity index (χ4v) is 13.8. The maximum atomic E-state index is 14.4. The van der Waals surface area contributed by atoms with Crippen LogP contribution in [-0.2, 0) is 53.3 Å². The van der Waals surface area contributed by atoms with E-state index in [4.69, 9.17) is 23.0 Å². The average Bonchev–Trinajstić information content (AvgIpc) is 3.98. The number of fused-ring (bicyclic) bond motifs is 3. The Hall–Kier alpha value is -6.24. The number of benzene rings is 6. The highest BCUT2D eigenvalue weighted by molar-refractivity contribution is 7.43. The van der Waals surface area contributed by atoms with Crippen molar-refractivity contribution in [3.8, 4) is 28.7 Å². The van der Waals surface area contributed by atoms with Crippen molar-refractivity contribution in [1.82, 2.24) is 0 Å². The second-order valence-corrected chi connectivity index (χ2v) is 31.2. The van der Waals surface area contributed by atoms with Gasteiger partial charge in [-0.15, -0.1) is 0 Å². The van der Waals surface area contributed by atoms with Crippen molar-refractivity contribution in [1.29, 1.82) is 0 Å². The Morgan fingerprint density at radius 1 is 0.366 bits per heavy atom. The van der Waals surface area contributed by atoms with Crippen molar-refractivity contribution < 1.29 is 37.4 Å². The first-order valence-corrected chi connectivity index (χ1v) is 30.4. The fourth-order valence-electron chi connectivity index (χ4n) is 12.4. The highest BCUT2D eigenvalue weighted by atomic mass is 31.2. The van der Waals surface area contributed by atoms with Crippen LogP contribution in [0.1, 0.15) is 248 Å². The number of carbonyl (C=O) groups excluding carboxylic acids is 3. The molecule has 6 aromatic carbocycles. The Kier molecular flexibility index (Phi) is 15.1. The Morgan fingerprint density at radius 2 is 0.646 bits per heavy atom. The van der Waals surface area contributed by atoms with Gasteiger partial charge in [0.2, 0.25) is 0 Å². The van der Waals surface area contributed by atoms with Crippen molar-refractivity contribution >= 4 is 26.3 Å². The van der Waals surface area contributed by atoms with Crippen molar-refractivity contribution in [3.05, 3.63) is 179 Å². The summed E-state index contributed by atoms with van der Waals surface area (Å²) in [6, 6.07) is 25.6. The number of carbonyl (C=O) groups is 3. The van der Waals surface area contributed by atoms with E-state index in [2.05, 4.69) is 173 Å². The van der Waals surface area contributed by atoms with E-state index in [1.165, 1.54) is 11.1 Å². The van der Waals surface area contributed by atoms with Crippen LogP contribution in [0.5, 0.6) is 28.7 Å². The van der Waals surface area contributed by atoms with Gasteiger partial charge >= 0.3 is 20.5 Å². The van der Waals surface area contributed by atoms with Crippen molar-refractivity contribution in [2.75, 3.05) is 0 Å². The zero-order valence-electron chi connectivity index (χ0n) is 53.6. The SMILES string of the molecule is Cc1cc(C2C(=O)Cc3c2cc(C(C)(C)C)cc3C(C)(C)C)cc(C)c1OP(Oc1c(C)cc(C2C(=O)Oc3c2cc(C(C)(C)C)cc3C(C)(C)C)cc1C)Oc1c(C)cc(C2C(=O)Oc3c2cc(C(C)(C)C)cc3C(C)(C)C)cc1C. The predicted octanol–water partition coefficient (Wildman–Crippen LogP) is 18.4. The van der Waals surface area contributed by atoms with E-state index in [1.807, 2.05) is 65.8 Å². The van der Waals surface area contributed by atoms with Gasteiger partial charge in [0.05, 0.1) is 5.92 Å². The van der Waals surface area contributed by atoms with E-state index in [1.54, 1.807) is 0 Å². The number of Topliss-reactive ketones (excluding diaryl/α,β-unsaturated/α-hetero) is 1. The maximum absolute atomic E-state index is 14.4. The molecule has 8 nitrogen and oxygen atoms in total. The molecule has 1 aliphatic carbocycles. The summed E-state index contributed by atoms with van der Waals surface area (Å²) in [5.41, 5.74) is 17.1. The average molecular weight is 1130 g/mol. The first kappa shape index (κ1) is 60.4. The quantitative estimate of drug-likeness (QED) is 0.0802. The summed E-state index contributed by atoms with van der Waals surface area (Å²) in [4.78, 5) is 42.7. The van der Waals surface area contributed by atoms with E-state index in [0.29, 0.717) is 35.2 Å². The summed E-state index contributed by atoms with van der Waals surface area (Å²) in [6.07, 6.45) is 0.393. The molecule has 9 rings (SSSR count). The molecule has 0 saturated carbocycles. The molecular formula is C73H89O8P. The number of ketones is 1. The maximum Gasteiger partial charge on any atom is 0.530 e. The number of aryl methyl sites for hydroxylation is 6. The van der Waals surface area contributed by atoms with Crippen LogP contribution in [0.25, 0.3) is 0 Å². The lowest BCUT2D eigenvalue weighted by molar-refractivity contribution is -0.134. The first-order chi connectivity index (χ1) is 37.6. The monoisotopic (exact) mass is 1120 g/mol. The molecule has 0 radical (unpaired) electrons. The Balaban J connectivity index is 1.13. The summed E-state index contributed by atoms with van der Waals surface area (Å²) >= 11 is 0. The molecule has 0 fully saturated rings. The molecule has 3 atom stereocenters. The lowest BCUT2D eigenvalue weighted by Gasteiger charge is -2.28. The summed E-state index contributed by atoms with van der Waals surface area (Å²) in [7, 11) is -2.25. The van der Waals surface area contributed by atoms with Crippen molar-refractivity contribution in [2.24, 2.45) is 0 Å². The van der Waals surface area contributed by atoms with Crippen LogP contribution in [0.4, 0.5) is 0 Å². The Bertz CT molecular complexity index is 3180. The van der Waals surface area contributed by atoms with Crippen LogP contribution in [0.3, 0.4) is 0 Å². The molecule has 0 N–H and O–H groups in total. The second kappa shape index (κ2) is 20.5. The third kappa shape index (κ3) is 11.3. The van der Waals surface area contributed by atoms with Crippen molar-refractivity contribution in [2.45, 2.75) is 223 Å². The van der Waals surface area contributed by atoms with Gasteiger partial charge < -0.3 is 23.0 Å². The predicted molar refractivity (Wildman–Crippen MR) is 334 cm³/mol. The fraction of sp³-hybridized carbons (Fsp3) is 0.466. The molecule has 0 amide bonds. The molecule has 2 aliphatic heterocycles. The van der Waals surface area contributed by atoms with Gasteiger partial charge in [-0.25, -0.2) is 0 Å². The van der Waals surface area contributed by atoms with Crippen LogP contribution in [0, 0.1) is 41.5 Å². The lowest BCUT2D eigenvalue weighted by atomic mass is 9.76. The zero-order valence-corrected chi connectivity index (χ0v) is 54.5. The molecule has 3 unspecified atom stereocenters. The molecule has 6 aromatic rings. The van der Waals surface area contributed by atoms with Gasteiger partial charge in [-0.05, 0) is 157 Å². The molecule has 434 valence electrons. The van der Waals surface area contributed by atoms with E-state index < -0.39 is 26.4 Å². The summed E-state index contributed by atoms with van der Waals surface area (Å²) < 4.78 is 33.7. The number of hydrogen-bond donors (Lipinski definition) is 0. The molecule has 9 heteroatoms. The molecular weight excluding hydrogens is 1040 g/mol. The minimum Gasteiger partial charge on any atom is -0.425 e. The largest absolute Gasteiger partial charge is 0.530 e. The van der Waals surface area contributed by atoms with Gasteiger partial charge in [0.25, 0.3) is 0 Å². The van der Waals surface area contributed by atoms with Crippen LogP contribution in [0.2, 0.25) is 0 Å². The molecule has 0 aromatic heterocycles. The van der Waals surface area contributed by atoms with E-state index >= 15 is 0 Å². The molecule has 0 bridgehead atoms. The lowest BCUT2D eigenvalue weighted by Crippen LogP contribution is -2.19. The molecule has 2 heterocycles. The first-order valence-electron chi connectivity index (χ1n) is 29.3. The van der Waals surface area contributed by atoms with Gasteiger partial charge in [0.15, 0.2) is 0 Å². The molecule has 0 spiro atoms. The third-order valence-electron chi connectivity index (χ3n) is 17.0. The van der Waals surface area contributed by atoms with Crippen LogP contribution >= 0.6 is 8.60 Å². The third-order valence-corrected chi connectivity index (χ3v) is 18.0. The van der Waals surface area contributed by atoms with Crippen LogP contribution < -0.4 is 23.0 Å². The summed E-state index contributed by atoms with van der Waals surface area (Å²) in [5, 5.41) is 0. The topological polar surface area (TPSA) is 97.4 Å². The standard InChI is InChI=1S/C73H89O8P/c1-38-25-44(58-51-31-47(68(7,8)9)34-54(71(16,17)18)50(51)37-57(58)74)26-39(2)61(38)79-82(80-62-40(3)27-45(28-41(62)4)59-52-32-48(69(10,11)12)35-55(72(19,20)21)64(52)77-66(59)75)81-63-42(5)29-46(30-43(63)6)60-53-33-49(70(13,14)15)36-56(73(22,23)24)65(53)78-67(60)76/h25-36,58-60H,37H2,1-24H3. The van der Waals surface area contributed by atoms with Crippen LogP contribution in [0.15, 0.2) is 72.8 Å². The van der Waals surface area contributed by atoms with Crippen molar-refractivity contribution in [3.63, 3.8) is 0 Å². The van der Waals surface area contributed by atoms with Gasteiger partial charge in [0.1, 0.15) is 46.4 Å². The molecule has 82 heavy (non-hydrogen) atoms. The molecule has 0 saturated heterocycles. The Morgan fingerprint density at radius 3 is 0.939 bits per heavy atom. The number of ether oxygens (including phenoxy) is 2. The van der Waals surface area contributed by atoms with E-state index in [9.17, 15) is 14.4 Å². The van der Waals surface area contributed by atoms with Gasteiger partial charge in [-0.2, -0.15) is 0 Å². The summed E-state index contributed by atoms with van der Waals surface area (Å²) in [6.45, 7) is 51.5. The number of esters is 2. The smallest absolute Gasteiger partial charge is 0.425 e. The zero-order chi connectivity index (χ0) is 60.6. The minimum atomic E-state index is -2.25. The molecule has 3 aliphatic rings.